The van der Waals surface area contributed by atoms with Gasteiger partial charge in [-0.2, -0.15) is 0 Å². The minimum absolute atomic E-state index is 0.0340. The molecule has 0 aromatic heterocycles. The average molecular weight is 343 g/mol. The molecule has 1 atom stereocenters. The number of ketones is 2. The summed E-state index contributed by atoms with van der Waals surface area (Å²) in [5.41, 5.74) is 0.690. The van der Waals surface area contributed by atoms with E-state index in [1.165, 1.54) is 51.4 Å². The molecule has 2 rings (SSSR count). The zero-order chi connectivity index (χ0) is 17.7. The summed E-state index contributed by atoms with van der Waals surface area (Å²) < 4.78 is 0. The van der Waals surface area contributed by atoms with Gasteiger partial charge in [0.05, 0.1) is 5.92 Å². The van der Waals surface area contributed by atoms with E-state index in [4.69, 9.17) is 0 Å². The summed E-state index contributed by atoms with van der Waals surface area (Å²) in [5.74, 6) is -0.219. The second-order valence-electron chi connectivity index (χ2n) is 7.53. The van der Waals surface area contributed by atoms with Crippen molar-refractivity contribution >= 4 is 11.6 Å². The van der Waals surface area contributed by atoms with Gasteiger partial charge in [0.1, 0.15) is 5.78 Å². The van der Waals surface area contributed by atoms with Crippen molar-refractivity contribution in [3.63, 3.8) is 0 Å². The predicted molar refractivity (Wildman–Crippen MR) is 104 cm³/mol. The molecule has 0 heterocycles. The Morgan fingerprint density at radius 2 is 1.16 bits per heavy atom. The van der Waals surface area contributed by atoms with E-state index in [0.29, 0.717) is 12.0 Å². The number of benzene rings is 1. The Hall–Kier alpha value is -1.44. The normalized spacial score (nSPS) is 22.4. The molecule has 1 saturated carbocycles. The first-order valence-electron chi connectivity index (χ1n) is 10.4. The lowest BCUT2D eigenvalue weighted by atomic mass is 9.86. The highest BCUT2D eigenvalue weighted by Gasteiger charge is 2.26. The van der Waals surface area contributed by atoms with Crippen LogP contribution in [0, 0.1) is 5.92 Å². The van der Waals surface area contributed by atoms with E-state index in [0.717, 1.165) is 32.1 Å². The van der Waals surface area contributed by atoms with Crippen LogP contribution >= 0.6 is 0 Å². The first-order chi connectivity index (χ1) is 12.3. The standard InChI is InChI=1S/C23H34O2/c24-22-19-15-10-8-6-4-2-1-3-5-7-9-14-18-21(22)23(25)20-16-12-11-13-17-20/h11-13,16-17,21H,1-10,14-15,18-19H2. The summed E-state index contributed by atoms with van der Waals surface area (Å²) in [6.07, 6.45) is 16.0. The van der Waals surface area contributed by atoms with E-state index in [9.17, 15) is 9.59 Å². The van der Waals surface area contributed by atoms with Gasteiger partial charge in [-0.25, -0.2) is 0 Å². The fourth-order valence-electron chi connectivity index (χ4n) is 3.83. The number of rotatable bonds is 2. The SMILES string of the molecule is O=C1CCCCCCCCCCCCCCC1C(=O)c1ccccc1. The van der Waals surface area contributed by atoms with Gasteiger partial charge in [0.25, 0.3) is 0 Å². The molecule has 0 bridgehead atoms. The lowest BCUT2D eigenvalue weighted by Crippen LogP contribution is -2.24. The lowest BCUT2D eigenvalue weighted by Gasteiger charge is -2.15. The minimum Gasteiger partial charge on any atom is -0.299 e. The monoisotopic (exact) mass is 342 g/mol. The fraction of sp³-hybridized carbons (Fsp3) is 0.652. The molecule has 1 aliphatic carbocycles. The quantitative estimate of drug-likeness (QED) is 0.452. The topological polar surface area (TPSA) is 34.1 Å². The summed E-state index contributed by atoms with van der Waals surface area (Å²) in [4.78, 5) is 25.5. The van der Waals surface area contributed by atoms with Gasteiger partial charge in [-0.15, -0.1) is 0 Å². The maximum atomic E-state index is 12.8. The van der Waals surface area contributed by atoms with Gasteiger partial charge in [-0.1, -0.05) is 101 Å². The number of Topliss-reactive ketones (excluding diaryl/α,β-unsaturated/α-hetero) is 2. The fourth-order valence-corrected chi connectivity index (χ4v) is 3.83. The highest BCUT2D eigenvalue weighted by molar-refractivity contribution is 6.10. The maximum Gasteiger partial charge on any atom is 0.173 e. The molecular weight excluding hydrogens is 308 g/mol. The van der Waals surface area contributed by atoms with Gasteiger partial charge in [-0.05, 0) is 12.8 Å². The first kappa shape index (κ1) is 19.9. The van der Waals surface area contributed by atoms with Gasteiger partial charge < -0.3 is 0 Å². The van der Waals surface area contributed by atoms with Gasteiger partial charge >= 0.3 is 0 Å². The Kier molecular flexibility index (Phi) is 9.54. The van der Waals surface area contributed by atoms with Crippen molar-refractivity contribution in [3.8, 4) is 0 Å². The van der Waals surface area contributed by atoms with Crippen LogP contribution in [-0.4, -0.2) is 11.6 Å². The van der Waals surface area contributed by atoms with Crippen molar-refractivity contribution < 1.29 is 9.59 Å². The average Bonchev–Trinajstić information content (AvgIpc) is 2.64. The van der Waals surface area contributed by atoms with Crippen LogP contribution in [0.3, 0.4) is 0 Å². The number of carbonyl (C=O) groups excluding carboxylic acids is 2. The summed E-state index contributed by atoms with van der Waals surface area (Å²) in [6, 6.07) is 9.36. The molecule has 1 aliphatic rings. The highest BCUT2D eigenvalue weighted by Crippen LogP contribution is 2.22. The molecule has 1 aromatic carbocycles. The van der Waals surface area contributed by atoms with Gasteiger partial charge in [0.2, 0.25) is 0 Å². The smallest absolute Gasteiger partial charge is 0.173 e. The van der Waals surface area contributed by atoms with Gasteiger partial charge in [-0.3, -0.25) is 9.59 Å². The largest absolute Gasteiger partial charge is 0.299 e. The van der Waals surface area contributed by atoms with E-state index in [1.54, 1.807) is 0 Å². The Balaban J connectivity index is 1.95. The Morgan fingerprint density at radius 1 is 0.680 bits per heavy atom. The van der Waals surface area contributed by atoms with Crippen LogP contribution in [0.2, 0.25) is 0 Å². The van der Waals surface area contributed by atoms with Crippen LogP contribution in [-0.2, 0) is 4.79 Å². The second kappa shape index (κ2) is 12.0. The Bertz CT molecular complexity index is 506. The van der Waals surface area contributed by atoms with Crippen LogP contribution in [0.25, 0.3) is 0 Å². The van der Waals surface area contributed by atoms with Crippen molar-refractivity contribution in [2.75, 3.05) is 0 Å². The number of hydrogen-bond donors (Lipinski definition) is 0. The summed E-state index contributed by atoms with van der Waals surface area (Å²) in [5, 5.41) is 0. The predicted octanol–water partition coefficient (Wildman–Crippen LogP) is 6.53. The third kappa shape index (κ3) is 7.54. The van der Waals surface area contributed by atoms with Crippen LogP contribution in [0.15, 0.2) is 30.3 Å². The molecular formula is C23H34O2. The molecule has 2 nitrogen and oxygen atoms in total. The van der Waals surface area contributed by atoms with Crippen molar-refractivity contribution in [3.05, 3.63) is 35.9 Å². The summed E-state index contributed by atoms with van der Waals surface area (Å²) >= 11 is 0. The highest BCUT2D eigenvalue weighted by atomic mass is 16.1. The van der Waals surface area contributed by atoms with Crippen molar-refractivity contribution in [2.24, 2.45) is 5.92 Å². The molecule has 1 unspecified atom stereocenters. The first-order valence-corrected chi connectivity index (χ1v) is 10.4. The minimum atomic E-state index is -0.421. The molecule has 0 spiro atoms. The van der Waals surface area contributed by atoms with Crippen LogP contribution in [0.4, 0.5) is 0 Å². The van der Waals surface area contributed by atoms with E-state index in [2.05, 4.69) is 0 Å². The molecule has 0 amide bonds. The molecule has 0 saturated heterocycles. The van der Waals surface area contributed by atoms with Crippen LogP contribution < -0.4 is 0 Å². The molecule has 1 aromatic rings. The molecule has 0 N–H and O–H groups in total. The molecule has 0 aliphatic heterocycles. The van der Waals surface area contributed by atoms with Crippen molar-refractivity contribution in [2.45, 2.75) is 89.9 Å². The molecule has 2 heteroatoms. The van der Waals surface area contributed by atoms with E-state index < -0.39 is 5.92 Å². The zero-order valence-corrected chi connectivity index (χ0v) is 15.7. The summed E-state index contributed by atoms with van der Waals surface area (Å²) in [7, 11) is 0. The third-order valence-electron chi connectivity index (χ3n) is 5.43. The second-order valence-corrected chi connectivity index (χ2v) is 7.53. The molecule has 138 valence electrons. The van der Waals surface area contributed by atoms with E-state index >= 15 is 0 Å². The molecule has 1 fully saturated rings. The van der Waals surface area contributed by atoms with Gasteiger partial charge in [0, 0.05) is 12.0 Å². The van der Waals surface area contributed by atoms with E-state index in [-0.39, 0.29) is 11.6 Å². The van der Waals surface area contributed by atoms with Crippen molar-refractivity contribution in [1.82, 2.24) is 0 Å². The van der Waals surface area contributed by atoms with Gasteiger partial charge in [0.15, 0.2) is 5.78 Å². The third-order valence-corrected chi connectivity index (χ3v) is 5.43. The maximum absolute atomic E-state index is 12.8. The lowest BCUT2D eigenvalue weighted by molar-refractivity contribution is -0.121. The summed E-state index contributed by atoms with van der Waals surface area (Å²) in [6.45, 7) is 0. The Labute approximate surface area is 153 Å². The Morgan fingerprint density at radius 3 is 1.72 bits per heavy atom. The van der Waals surface area contributed by atoms with E-state index in [1.807, 2.05) is 30.3 Å². The zero-order valence-electron chi connectivity index (χ0n) is 15.7. The molecule has 25 heavy (non-hydrogen) atoms. The molecule has 0 radical (unpaired) electrons. The van der Waals surface area contributed by atoms with Crippen LogP contribution in [0.1, 0.15) is 100 Å². The number of carbonyl (C=O) groups is 2. The van der Waals surface area contributed by atoms with Crippen LogP contribution in [0.5, 0.6) is 0 Å². The van der Waals surface area contributed by atoms with Crippen molar-refractivity contribution in [1.29, 1.82) is 0 Å². The number of hydrogen-bond acceptors (Lipinski definition) is 2.